The molecule has 1 atom stereocenters. The normalized spacial score (nSPS) is 12.6. The maximum Gasteiger partial charge on any atom is 0.267 e. The molecule has 0 bridgehead atoms. The quantitative estimate of drug-likeness (QED) is 0.789. The lowest BCUT2D eigenvalue weighted by Gasteiger charge is -2.11. The van der Waals surface area contributed by atoms with Crippen LogP contribution < -0.4 is 5.32 Å². The third-order valence-corrected chi connectivity index (χ3v) is 3.27. The van der Waals surface area contributed by atoms with E-state index >= 15 is 0 Å². The van der Waals surface area contributed by atoms with E-state index < -0.39 is 0 Å². The summed E-state index contributed by atoms with van der Waals surface area (Å²) in [4.78, 5) is 15.2. The molecule has 1 amide bonds. The van der Waals surface area contributed by atoms with E-state index in [-0.39, 0.29) is 18.6 Å². The first-order chi connectivity index (χ1) is 9.01. The zero-order chi connectivity index (χ0) is 14.0. The van der Waals surface area contributed by atoms with Gasteiger partial charge < -0.3 is 15.4 Å². The van der Waals surface area contributed by atoms with Crippen LogP contribution in [-0.4, -0.2) is 28.6 Å². The van der Waals surface area contributed by atoms with Gasteiger partial charge in [-0.05, 0) is 50.5 Å². The lowest BCUT2D eigenvalue weighted by molar-refractivity contribution is 0.0930. The fraction of sp³-hybridized carbons (Fsp3) is 0.400. The summed E-state index contributed by atoms with van der Waals surface area (Å²) < 4.78 is 0. The van der Waals surface area contributed by atoms with Crippen LogP contribution in [0.5, 0.6) is 0 Å². The van der Waals surface area contributed by atoms with Crippen molar-refractivity contribution in [2.45, 2.75) is 33.2 Å². The Morgan fingerprint density at radius 1 is 1.37 bits per heavy atom. The van der Waals surface area contributed by atoms with Gasteiger partial charge in [-0.15, -0.1) is 0 Å². The Bertz CT molecular complexity index is 601. The molecule has 0 fully saturated rings. The van der Waals surface area contributed by atoms with Crippen LogP contribution in [0, 0.1) is 13.8 Å². The van der Waals surface area contributed by atoms with E-state index in [1.807, 2.05) is 32.9 Å². The Morgan fingerprint density at radius 2 is 2.11 bits per heavy atom. The van der Waals surface area contributed by atoms with Crippen LogP contribution in [0.4, 0.5) is 0 Å². The monoisotopic (exact) mass is 260 g/mol. The van der Waals surface area contributed by atoms with E-state index in [4.69, 9.17) is 5.11 Å². The number of aromatic amines is 1. The molecule has 1 aromatic heterocycles. The van der Waals surface area contributed by atoms with E-state index in [1.165, 1.54) is 5.56 Å². The summed E-state index contributed by atoms with van der Waals surface area (Å²) in [6.07, 6.45) is 0.560. The smallest absolute Gasteiger partial charge is 0.267 e. The van der Waals surface area contributed by atoms with Crippen LogP contribution in [0.25, 0.3) is 10.9 Å². The predicted molar refractivity (Wildman–Crippen MR) is 76.4 cm³/mol. The first-order valence-corrected chi connectivity index (χ1v) is 6.53. The molecule has 2 rings (SSSR count). The summed E-state index contributed by atoms with van der Waals surface area (Å²) in [7, 11) is 0. The summed E-state index contributed by atoms with van der Waals surface area (Å²) in [6, 6.07) is 5.99. The number of rotatable bonds is 4. The van der Waals surface area contributed by atoms with Gasteiger partial charge in [0.25, 0.3) is 5.91 Å². The van der Waals surface area contributed by atoms with E-state index in [1.54, 1.807) is 0 Å². The maximum atomic E-state index is 12.1. The minimum atomic E-state index is -0.130. The van der Waals surface area contributed by atoms with Gasteiger partial charge in [-0.25, -0.2) is 0 Å². The number of aliphatic hydroxyl groups is 1. The van der Waals surface area contributed by atoms with Crippen molar-refractivity contribution in [3.63, 3.8) is 0 Å². The highest BCUT2D eigenvalue weighted by atomic mass is 16.3. The molecule has 4 heteroatoms. The summed E-state index contributed by atoms with van der Waals surface area (Å²) in [5.41, 5.74) is 3.88. The van der Waals surface area contributed by atoms with Crippen molar-refractivity contribution < 1.29 is 9.90 Å². The van der Waals surface area contributed by atoms with Crippen molar-refractivity contribution >= 4 is 16.8 Å². The Labute approximate surface area is 112 Å². The van der Waals surface area contributed by atoms with Gasteiger partial charge in [0, 0.05) is 23.6 Å². The zero-order valence-corrected chi connectivity index (χ0v) is 11.6. The van der Waals surface area contributed by atoms with E-state index in [2.05, 4.69) is 16.4 Å². The average Bonchev–Trinajstić information content (AvgIpc) is 2.73. The maximum absolute atomic E-state index is 12.1. The fourth-order valence-corrected chi connectivity index (χ4v) is 2.29. The van der Waals surface area contributed by atoms with Crippen molar-refractivity contribution in [2.75, 3.05) is 6.61 Å². The second kappa shape index (κ2) is 5.45. The van der Waals surface area contributed by atoms with Gasteiger partial charge in [0.05, 0.1) is 0 Å². The first-order valence-electron chi connectivity index (χ1n) is 6.53. The molecule has 3 N–H and O–H groups in total. The minimum Gasteiger partial charge on any atom is -0.396 e. The van der Waals surface area contributed by atoms with Crippen LogP contribution >= 0.6 is 0 Å². The lowest BCUT2D eigenvalue weighted by atomic mass is 10.1. The molecule has 0 aliphatic carbocycles. The summed E-state index contributed by atoms with van der Waals surface area (Å²) in [5.74, 6) is -0.130. The summed E-state index contributed by atoms with van der Waals surface area (Å²) in [6.45, 7) is 6.04. The highest BCUT2D eigenvalue weighted by Gasteiger charge is 2.13. The molecule has 0 spiro atoms. The third kappa shape index (κ3) is 2.96. The van der Waals surface area contributed by atoms with E-state index in [0.717, 1.165) is 16.5 Å². The Balaban J connectivity index is 2.26. The largest absolute Gasteiger partial charge is 0.396 e. The number of amides is 1. The topological polar surface area (TPSA) is 65.1 Å². The number of hydrogen-bond donors (Lipinski definition) is 3. The number of H-pyrrole nitrogens is 1. The summed E-state index contributed by atoms with van der Waals surface area (Å²) >= 11 is 0. The van der Waals surface area contributed by atoms with E-state index in [0.29, 0.717) is 12.1 Å². The molecular weight excluding hydrogens is 240 g/mol. The van der Waals surface area contributed by atoms with Gasteiger partial charge in [0.15, 0.2) is 0 Å². The number of hydrogen-bond acceptors (Lipinski definition) is 2. The van der Waals surface area contributed by atoms with Gasteiger partial charge in [0.1, 0.15) is 5.69 Å². The van der Waals surface area contributed by atoms with Crippen molar-refractivity contribution in [3.8, 4) is 0 Å². The van der Waals surface area contributed by atoms with Crippen LogP contribution in [-0.2, 0) is 0 Å². The van der Waals surface area contributed by atoms with Gasteiger partial charge >= 0.3 is 0 Å². The Morgan fingerprint density at radius 3 is 2.79 bits per heavy atom. The average molecular weight is 260 g/mol. The van der Waals surface area contributed by atoms with Crippen LogP contribution in [0.2, 0.25) is 0 Å². The second-order valence-electron chi connectivity index (χ2n) is 5.11. The molecule has 1 heterocycles. The lowest BCUT2D eigenvalue weighted by Crippen LogP contribution is -2.33. The fourth-order valence-electron chi connectivity index (χ4n) is 2.29. The number of aliphatic hydroxyl groups excluding tert-OH is 1. The summed E-state index contributed by atoms with van der Waals surface area (Å²) in [5, 5.41) is 12.8. The predicted octanol–water partition coefficient (Wildman–Crippen LogP) is 2.29. The second-order valence-corrected chi connectivity index (χ2v) is 5.11. The number of aryl methyl sites for hydroxylation is 2. The number of carbonyl (C=O) groups excluding carboxylic acids is 1. The number of carbonyl (C=O) groups is 1. The molecule has 0 saturated carbocycles. The molecule has 0 aliphatic heterocycles. The number of benzene rings is 1. The van der Waals surface area contributed by atoms with Crippen molar-refractivity contribution in [3.05, 3.63) is 35.0 Å². The molecule has 1 unspecified atom stereocenters. The zero-order valence-electron chi connectivity index (χ0n) is 11.6. The molecule has 19 heavy (non-hydrogen) atoms. The molecule has 0 aliphatic rings. The van der Waals surface area contributed by atoms with E-state index in [9.17, 15) is 4.79 Å². The SMILES string of the molecule is Cc1cc(C)c2cc(C(=O)NC(C)CCO)[nH]c2c1. The molecular formula is C15H20N2O2. The van der Waals surface area contributed by atoms with Crippen molar-refractivity contribution in [1.82, 2.24) is 10.3 Å². The van der Waals surface area contributed by atoms with Gasteiger partial charge in [-0.2, -0.15) is 0 Å². The molecule has 4 nitrogen and oxygen atoms in total. The number of aromatic nitrogens is 1. The standard InChI is InChI=1S/C15H20N2O2/c1-9-6-10(2)12-8-14(17-13(12)7-9)15(19)16-11(3)4-5-18/h6-8,11,17-18H,4-5H2,1-3H3,(H,16,19). The molecule has 2 aromatic rings. The highest BCUT2D eigenvalue weighted by molar-refractivity contribution is 5.99. The molecule has 1 aromatic carbocycles. The van der Waals surface area contributed by atoms with Gasteiger partial charge in [0.2, 0.25) is 0 Å². The van der Waals surface area contributed by atoms with Gasteiger partial charge in [-0.3, -0.25) is 4.79 Å². The Hall–Kier alpha value is -1.81. The van der Waals surface area contributed by atoms with Crippen LogP contribution in [0.15, 0.2) is 18.2 Å². The first kappa shape index (κ1) is 13.6. The minimum absolute atomic E-state index is 0.0354. The van der Waals surface area contributed by atoms with Crippen molar-refractivity contribution in [2.24, 2.45) is 0 Å². The van der Waals surface area contributed by atoms with Crippen LogP contribution in [0.3, 0.4) is 0 Å². The molecule has 0 saturated heterocycles. The number of fused-ring (bicyclic) bond motifs is 1. The molecule has 102 valence electrons. The number of nitrogens with one attached hydrogen (secondary N) is 2. The molecule has 0 radical (unpaired) electrons. The van der Waals surface area contributed by atoms with Crippen molar-refractivity contribution in [1.29, 1.82) is 0 Å². The third-order valence-electron chi connectivity index (χ3n) is 3.27. The van der Waals surface area contributed by atoms with Crippen LogP contribution in [0.1, 0.15) is 35.0 Å². The Kier molecular flexibility index (Phi) is 3.90. The van der Waals surface area contributed by atoms with Gasteiger partial charge in [-0.1, -0.05) is 6.07 Å². The highest BCUT2D eigenvalue weighted by Crippen LogP contribution is 2.21.